The first-order valence-corrected chi connectivity index (χ1v) is 15.7. The molecule has 46 heavy (non-hydrogen) atoms. The van der Waals surface area contributed by atoms with Gasteiger partial charge in [0.15, 0.2) is 0 Å². The summed E-state index contributed by atoms with van der Waals surface area (Å²) in [6.07, 6.45) is 0. The van der Waals surface area contributed by atoms with E-state index in [-0.39, 0.29) is 0 Å². The molecule has 0 bridgehead atoms. The predicted octanol–water partition coefficient (Wildman–Crippen LogP) is 10.7. The molecule has 4 heterocycles. The van der Waals surface area contributed by atoms with Gasteiger partial charge in [-0.3, -0.25) is 4.57 Å². The topological polar surface area (TPSA) is 35.1 Å². The number of hydrogen-bond donors (Lipinski definition) is 0. The standard InChI is InChI=1S/C42H24N4/c1-2-11-26(12-3-1)40-31-16-4-7-18-34(31)43-42(44-40)46-36-20-9-6-15-28(36)32-23-33-30-22-21-25-13-10-17-29-27-14-5-8-19-35(27)45(41(30)39(25)29)37(33)24-38(32)46/h1-24H. The number of aromatic nitrogens is 4. The second-order valence-electron chi connectivity index (χ2n) is 12.2. The molecular formula is C42H24N4. The van der Waals surface area contributed by atoms with Gasteiger partial charge in [0.1, 0.15) is 0 Å². The van der Waals surface area contributed by atoms with Crippen LogP contribution in [0.15, 0.2) is 146 Å². The van der Waals surface area contributed by atoms with Gasteiger partial charge in [0.05, 0.1) is 38.8 Å². The summed E-state index contributed by atoms with van der Waals surface area (Å²) in [7, 11) is 0. The van der Waals surface area contributed by atoms with Crippen molar-refractivity contribution >= 4 is 81.6 Å². The summed E-state index contributed by atoms with van der Waals surface area (Å²) in [4.78, 5) is 10.5. The van der Waals surface area contributed by atoms with Gasteiger partial charge >= 0.3 is 0 Å². The minimum absolute atomic E-state index is 0.672. The highest BCUT2D eigenvalue weighted by molar-refractivity contribution is 6.30. The zero-order valence-electron chi connectivity index (χ0n) is 24.6. The van der Waals surface area contributed by atoms with E-state index in [0.29, 0.717) is 5.95 Å². The fourth-order valence-corrected chi connectivity index (χ4v) is 7.90. The number of pyridine rings is 1. The van der Waals surface area contributed by atoms with Gasteiger partial charge in [-0.05, 0) is 41.1 Å². The molecule has 0 atom stereocenters. The van der Waals surface area contributed by atoms with Gasteiger partial charge in [-0.15, -0.1) is 0 Å². The summed E-state index contributed by atoms with van der Waals surface area (Å²) in [5.74, 6) is 0.672. The van der Waals surface area contributed by atoms with Crippen molar-refractivity contribution in [3.05, 3.63) is 146 Å². The quantitative estimate of drug-likeness (QED) is 0.150. The van der Waals surface area contributed by atoms with Crippen LogP contribution in [0.4, 0.5) is 0 Å². The molecule has 0 unspecified atom stereocenters. The van der Waals surface area contributed by atoms with E-state index in [2.05, 4.69) is 148 Å². The molecule has 0 aliphatic rings. The van der Waals surface area contributed by atoms with Crippen LogP contribution in [0.3, 0.4) is 0 Å². The van der Waals surface area contributed by atoms with Crippen molar-refractivity contribution in [2.75, 3.05) is 0 Å². The van der Waals surface area contributed by atoms with Crippen LogP contribution in [0.1, 0.15) is 0 Å². The number of para-hydroxylation sites is 3. The molecule has 4 aromatic heterocycles. The Morgan fingerprint density at radius 1 is 0.413 bits per heavy atom. The van der Waals surface area contributed by atoms with Crippen LogP contribution in [0.25, 0.3) is 98.8 Å². The molecule has 0 aliphatic carbocycles. The van der Waals surface area contributed by atoms with Crippen molar-refractivity contribution < 1.29 is 0 Å². The Balaban J connectivity index is 1.34. The normalized spacial score (nSPS) is 12.3. The highest BCUT2D eigenvalue weighted by Gasteiger charge is 2.22. The Bertz CT molecular complexity index is 3020. The second kappa shape index (κ2) is 8.68. The Morgan fingerprint density at radius 2 is 1.11 bits per heavy atom. The fourth-order valence-electron chi connectivity index (χ4n) is 7.90. The molecule has 0 radical (unpaired) electrons. The van der Waals surface area contributed by atoms with Crippen molar-refractivity contribution in [3.8, 4) is 17.2 Å². The minimum Gasteiger partial charge on any atom is -0.308 e. The summed E-state index contributed by atoms with van der Waals surface area (Å²) < 4.78 is 4.74. The first-order chi connectivity index (χ1) is 22.8. The highest BCUT2D eigenvalue weighted by atomic mass is 15.2. The number of fused-ring (bicyclic) bond motifs is 10. The average Bonchev–Trinajstić information content (AvgIpc) is 3.63. The lowest BCUT2D eigenvalue weighted by atomic mass is 9.98. The SMILES string of the molecule is c1ccc(-c2nc(-n3c4ccccc4c4cc5c6ccc7cccc8c9ccccc9n(c5cc43)c6c78)nc3ccccc23)cc1. The van der Waals surface area contributed by atoms with E-state index in [1.165, 1.54) is 59.6 Å². The van der Waals surface area contributed by atoms with Crippen LogP contribution in [0, 0.1) is 0 Å². The molecule has 0 N–H and O–H groups in total. The Kier molecular flexibility index (Phi) is 4.55. The van der Waals surface area contributed by atoms with Gasteiger partial charge in [-0.1, -0.05) is 115 Å². The molecule has 0 fully saturated rings. The summed E-state index contributed by atoms with van der Waals surface area (Å²) in [5.41, 5.74) is 8.80. The third kappa shape index (κ3) is 3.03. The summed E-state index contributed by atoms with van der Waals surface area (Å²) >= 11 is 0. The van der Waals surface area contributed by atoms with Crippen LogP contribution in [-0.4, -0.2) is 18.9 Å². The van der Waals surface area contributed by atoms with Crippen LogP contribution in [-0.2, 0) is 0 Å². The first kappa shape index (κ1) is 24.1. The smallest absolute Gasteiger partial charge is 0.235 e. The van der Waals surface area contributed by atoms with Crippen molar-refractivity contribution in [2.45, 2.75) is 0 Å². The molecule has 11 aromatic rings. The number of rotatable bonds is 2. The first-order valence-electron chi connectivity index (χ1n) is 15.7. The Hall–Kier alpha value is -6.26. The summed E-state index contributed by atoms with van der Waals surface area (Å²) in [6.45, 7) is 0. The third-order valence-corrected chi connectivity index (χ3v) is 9.84. The monoisotopic (exact) mass is 584 g/mol. The fraction of sp³-hybridized carbons (Fsp3) is 0. The van der Waals surface area contributed by atoms with E-state index in [0.717, 1.165) is 33.2 Å². The highest BCUT2D eigenvalue weighted by Crippen LogP contribution is 2.44. The van der Waals surface area contributed by atoms with Crippen molar-refractivity contribution in [3.63, 3.8) is 0 Å². The molecule has 0 amide bonds. The number of nitrogens with zero attached hydrogens (tertiary/aromatic N) is 4. The van der Waals surface area contributed by atoms with E-state index in [4.69, 9.17) is 9.97 Å². The van der Waals surface area contributed by atoms with Crippen LogP contribution >= 0.6 is 0 Å². The lowest BCUT2D eigenvalue weighted by Crippen LogP contribution is -2.03. The molecule has 4 heteroatoms. The van der Waals surface area contributed by atoms with Crippen LogP contribution < -0.4 is 0 Å². The van der Waals surface area contributed by atoms with E-state index >= 15 is 0 Å². The van der Waals surface area contributed by atoms with E-state index in [9.17, 15) is 0 Å². The third-order valence-electron chi connectivity index (χ3n) is 9.84. The molecule has 0 saturated carbocycles. The molecule has 0 saturated heterocycles. The van der Waals surface area contributed by atoms with E-state index in [1.54, 1.807) is 0 Å². The predicted molar refractivity (Wildman–Crippen MR) is 191 cm³/mol. The largest absolute Gasteiger partial charge is 0.308 e. The zero-order chi connectivity index (χ0) is 29.9. The number of hydrogen-bond acceptors (Lipinski definition) is 2. The maximum Gasteiger partial charge on any atom is 0.235 e. The molecule has 11 rings (SSSR count). The summed E-state index contributed by atoms with van der Waals surface area (Å²) in [6, 6.07) is 52.2. The zero-order valence-corrected chi connectivity index (χ0v) is 24.6. The van der Waals surface area contributed by atoms with Crippen molar-refractivity contribution in [1.29, 1.82) is 0 Å². The maximum absolute atomic E-state index is 5.31. The Morgan fingerprint density at radius 3 is 1.98 bits per heavy atom. The molecule has 7 aromatic carbocycles. The van der Waals surface area contributed by atoms with Gasteiger partial charge < -0.3 is 4.40 Å². The van der Waals surface area contributed by atoms with Gasteiger partial charge in [-0.2, -0.15) is 0 Å². The van der Waals surface area contributed by atoms with E-state index in [1.807, 2.05) is 6.07 Å². The lowest BCUT2D eigenvalue weighted by Gasteiger charge is -2.13. The minimum atomic E-state index is 0.672. The maximum atomic E-state index is 5.31. The average molecular weight is 585 g/mol. The van der Waals surface area contributed by atoms with Gasteiger partial charge in [0.25, 0.3) is 0 Å². The van der Waals surface area contributed by atoms with Crippen molar-refractivity contribution in [2.24, 2.45) is 0 Å². The molecule has 212 valence electrons. The molecular weight excluding hydrogens is 560 g/mol. The number of benzene rings is 7. The second-order valence-corrected chi connectivity index (χ2v) is 12.2. The van der Waals surface area contributed by atoms with Gasteiger partial charge in [-0.25, -0.2) is 9.97 Å². The lowest BCUT2D eigenvalue weighted by molar-refractivity contribution is 1.01. The van der Waals surface area contributed by atoms with Gasteiger partial charge in [0.2, 0.25) is 5.95 Å². The van der Waals surface area contributed by atoms with E-state index < -0.39 is 0 Å². The van der Waals surface area contributed by atoms with Crippen LogP contribution in [0.2, 0.25) is 0 Å². The molecule has 4 nitrogen and oxygen atoms in total. The van der Waals surface area contributed by atoms with Crippen LogP contribution in [0.5, 0.6) is 0 Å². The van der Waals surface area contributed by atoms with Gasteiger partial charge in [0, 0.05) is 43.3 Å². The molecule has 0 spiro atoms. The Labute approximate surface area is 262 Å². The van der Waals surface area contributed by atoms with Crippen molar-refractivity contribution in [1.82, 2.24) is 18.9 Å². The molecule has 0 aliphatic heterocycles. The summed E-state index contributed by atoms with van der Waals surface area (Å²) in [5, 5.41) is 11.1.